The Morgan fingerprint density at radius 3 is 2.65 bits per heavy atom. The molecular weight excluding hydrogens is 212 g/mol. The Balaban J connectivity index is 2.17. The molecule has 3 nitrogen and oxygen atoms in total. The molecule has 17 heavy (non-hydrogen) atoms. The van der Waals surface area contributed by atoms with Gasteiger partial charge in [-0.15, -0.1) is 0 Å². The molecule has 3 heteroatoms. The van der Waals surface area contributed by atoms with Gasteiger partial charge in [-0.1, -0.05) is 6.42 Å². The van der Waals surface area contributed by atoms with E-state index in [1.54, 1.807) is 0 Å². The summed E-state index contributed by atoms with van der Waals surface area (Å²) in [7, 11) is 0. The summed E-state index contributed by atoms with van der Waals surface area (Å²) in [6.45, 7) is 12.4. The van der Waals surface area contributed by atoms with Crippen molar-refractivity contribution in [2.24, 2.45) is 5.41 Å². The second-order valence-corrected chi connectivity index (χ2v) is 6.34. The topological polar surface area (TPSA) is 36.3 Å². The fourth-order valence-corrected chi connectivity index (χ4v) is 2.26. The average molecular weight is 238 g/mol. The van der Waals surface area contributed by atoms with Crippen LogP contribution in [-0.2, 0) is 4.74 Å². The number of unbranched alkanes of at least 4 members (excludes halogenated alkanes) is 1. The summed E-state index contributed by atoms with van der Waals surface area (Å²) in [5.74, 6) is 0. The predicted molar refractivity (Wildman–Crippen MR) is 69.7 cm³/mol. The minimum absolute atomic E-state index is 0.00414. The van der Waals surface area contributed by atoms with Crippen molar-refractivity contribution in [2.75, 3.05) is 26.2 Å². The zero-order chi connectivity index (χ0) is 12.9. The summed E-state index contributed by atoms with van der Waals surface area (Å²) < 4.78 is 5.69. The van der Waals surface area contributed by atoms with Crippen LogP contribution in [0.2, 0.25) is 0 Å². The molecule has 98 valence electrons. The second kappa shape index (κ2) is 5.84. The molecule has 1 saturated heterocycles. The Morgan fingerprint density at radius 1 is 1.35 bits per heavy atom. The van der Waals surface area contributed by atoms with Gasteiger partial charge in [0.2, 0.25) is 0 Å². The van der Waals surface area contributed by atoms with E-state index in [2.05, 4.69) is 24.8 Å². The Hall–Kier alpha value is -0.590. The van der Waals surface area contributed by atoms with Crippen LogP contribution in [0.25, 0.3) is 0 Å². The SMILES string of the molecule is CC(C)(C#N)CCCCN1CCOC(C)(C)C1. The lowest BCUT2D eigenvalue weighted by atomic mass is 9.89. The van der Waals surface area contributed by atoms with E-state index in [4.69, 9.17) is 10.00 Å². The summed E-state index contributed by atoms with van der Waals surface area (Å²) in [6.07, 6.45) is 3.32. The first-order chi connectivity index (χ1) is 7.85. The predicted octanol–water partition coefficient (Wildman–Crippen LogP) is 2.82. The van der Waals surface area contributed by atoms with Crippen LogP contribution in [-0.4, -0.2) is 36.7 Å². The molecule has 0 unspecified atom stereocenters. The summed E-state index contributed by atoms with van der Waals surface area (Å²) in [4.78, 5) is 2.48. The highest BCUT2D eigenvalue weighted by Gasteiger charge is 2.26. The molecule has 0 aromatic carbocycles. The second-order valence-electron chi connectivity index (χ2n) is 6.34. The van der Waals surface area contributed by atoms with Crippen molar-refractivity contribution in [2.45, 2.75) is 52.6 Å². The largest absolute Gasteiger partial charge is 0.373 e. The van der Waals surface area contributed by atoms with Crippen LogP contribution in [0, 0.1) is 16.7 Å². The van der Waals surface area contributed by atoms with Crippen molar-refractivity contribution in [1.82, 2.24) is 4.90 Å². The molecule has 0 radical (unpaired) electrons. The van der Waals surface area contributed by atoms with Crippen LogP contribution in [0.5, 0.6) is 0 Å². The molecule has 0 spiro atoms. The van der Waals surface area contributed by atoms with Gasteiger partial charge in [-0.3, -0.25) is 4.90 Å². The van der Waals surface area contributed by atoms with Crippen molar-refractivity contribution in [3.8, 4) is 6.07 Å². The van der Waals surface area contributed by atoms with E-state index in [1.807, 2.05) is 13.8 Å². The van der Waals surface area contributed by atoms with Gasteiger partial charge in [-0.05, 0) is 47.1 Å². The molecule has 0 saturated carbocycles. The number of ether oxygens (including phenoxy) is 1. The first kappa shape index (κ1) is 14.5. The fourth-order valence-electron chi connectivity index (χ4n) is 2.26. The quantitative estimate of drug-likeness (QED) is 0.691. The molecule has 0 amide bonds. The summed E-state index contributed by atoms with van der Waals surface area (Å²) in [6, 6.07) is 2.36. The van der Waals surface area contributed by atoms with Crippen LogP contribution in [0.3, 0.4) is 0 Å². The molecule has 1 rings (SSSR count). The third-order valence-corrected chi connectivity index (χ3v) is 3.33. The van der Waals surface area contributed by atoms with Crippen LogP contribution >= 0.6 is 0 Å². The number of rotatable bonds is 5. The van der Waals surface area contributed by atoms with E-state index < -0.39 is 0 Å². The van der Waals surface area contributed by atoms with Gasteiger partial charge in [0.25, 0.3) is 0 Å². The van der Waals surface area contributed by atoms with E-state index in [-0.39, 0.29) is 11.0 Å². The zero-order valence-electron chi connectivity index (χ0n) is 11.8. The van der Waals surface area contributed by atoms with Gasteiger partial charge in [0, 0.05) is 13.1 Å². The molecule has 0 N–H and O–H groups in total. The molecule has 0 atom stereocenters. The average Bonchev–Trinajstić information content (AvgIpc) is 2.23. The lowest BCUT2D eigenvalue weighted by Gasteiger charge is -2.38. The Labute approximate surface area is 106 Å². The molecule has 0 aliphatic carbocycles. The number of morpholine rings is 1. The number of nitrogens with zero attached hydrogens (tertiary/aromatic N) is 2. The maximum Gasteiger partial charge on any atom is 0.0753 e. The number of hydrogen-bond donors (Lipinski definition) is 0. The lowest BCUT2D eigenvalue weighted by Crippen LogP contribution is -2.48. The van der Waals surface area contributed by atoms with Crippen molar-refractivity contribution in [3.05, 3.63) is 0 Å². The molecule has 1 heterocycles. The van der Waals surface area contributed by atoms with Crippen molar-refractivity contribution < 1.29 is 4.74 Å². The first-order valence-electron chi connectivity index (χ1n) is 6.62. The molecule has 0 aromatic heterocycles. The van der Waals surface area contributed by atoms with Crippen molar-refractivity contribution in [3.63, 3.8) is 0 Å². The van der Waals surface area contributed by atoms with Crippen molar-refractivity contribution >= 4 is 0 Å². The first-order valence-corrected chi connectivity index (χ1v) is 6.62. The van der Waals surface area contributed by atoms with Gasteiger partial charge in [0.05, 0.1) is 23.7 Å². The monoisotopic (exact) mass is 238 g/mol. The zero-order valence-corrected chi connectivity index (χ0v) is 11.8. The normalized spacial score (nSPS) is 21.1. The third kappa shape index (κ3) is 5.52. The van der Waals surface area contributed by atoms with Gasteiger partial charge in [-0.25, -0.2) is 0 Å². The minimum Gasteiger partial charge on any atom is -0.373 e. The van der Waals surface area contributed by atoms with E-state index in [1.165, 1.54) is 6.42 Å². The molecule has 0 bridgehead atoms. The highest BCUT2D eigenvalue weighted by molar-refractivity contribution is 4.91. The molecule has 1 aliphatic heterocycles. The highest BCUT2D eigenvalue weighted by Crippen LogP contribution is 2.22. The Morgan fingerprint density at radius 2 is 2.06 bits per heavy atom. The van der Waals surface area contributed by atoms with E-state index >= 15 is 0 Å². The smallest absolute Gasteiger partial charge is 0.0753 e. The third-order valence-electron chi connectivity index (χ3n) is 3.33. The van der Waals surface area contributed by atoms with Crippen molar-refractivity contribution in [1.29, 1.82) is 5.26 Å². The fraction of sp³-hybridized carbons (Fsp3) is 0.929. The minimum atomic E-state index is -0.162. The number of nitriles is 1. The van der Waals surface area contributed by atoms with E-state index in [0.29, 0.717) is 0 Å². The van der Waals surface area contributed by atoms with E-state index in [0.717, 1.165) is 39.1 Å². The maximum absolute atomic E-state index is 8.93. The van der Waals surface area contributed by atoms with E-state index in [9.17, 15) is 0 Å². The highest BCUT2D eigenvalue weighted by atomic mass is 16.5. The number of hydrogen-bond acceptors (Lipinski definition) is 3. The molecule has 1 fully saturated rings. The molecular formula is C14H26N2O. The Bertz CT molecular complexity index is 278. The summed E-state index contributed by atoms with van der Waals surface area (Å²) >= 11 is 0. The van der Waals surface area contributed by atoms with Crippen LogP contribution in [0.1, 0.15) is 47.0 Å². The summed E-state index contributed by atoms with van der Waals surface area (Å²) in [5, 5.41) is 8.93. The van der Waals surface area contributed by atoms with Gasteiger partial charge < -0.3 is 4.74 Å². The molecule has 1 aliphatic rings. The van der Waals surface area contributed by atoms with Crippen LogP contribution in [0.15, 0.2) is 0 Å². The lowest BCUT2D eigenvalue weighted by molar-refractivity contribution is -0.0861. The van der Waals surface area contributed by atoms with Gasteiger partial charge in [-0.2, -0.15) is 5.26 Å². The summed E-state index contributed by atoms with van der Waals surface area (Å²) in [5.41, 5.74) is -0.158. The molecule has 0 aromatic rings. The van der Waals surface area contributed by atoms with Gasteiger partial charge in [0.1, 0.15) is 0 Å². The standard InChI is InChI=1S/C14H26N2O/c1-13(2,11-15)7-5-6-8-16-9-10-17-14(3,4)12-16/h5-10,12H2,1-4H3. The Kier molecular flexibility index (Phi) is 4.97. The van der Waals surface area contributed by atoms with Gasteiger partial charge in [0.15, 0.2) is 0 Å². The maximum atomic E-state index is 8.93. The van der Waals surface area contributed by atoms with Gasteiger partial charge >= 0.3 is 0 Å². The van der Waals surface area contributed by atoms with Crippen LogP contribution in [0.4, 0.5) is 0 Å². The van der Waals surface area contributed by atoms with Crippen LogP contribution < -0.4 is 0 Å².